The number of amides is 3. The van der Waals surface area contributed by atoms with E-state index < -0.39 is 48.1 Å². The first-order valence-electron chi connectivity index (χ1n) is 13.3. The van der Waals surface area contributed by atoms with Crippen molar-refractivity contribution in [1.82, 2.24) is 15.1 Å². The van der Waals surface area contributed by atoms with Crippen LogP contribution >= 0.6 is 0 Å². The second-order valence-corrected chi connectivity index (χ2v) is 10.5. The van der Waals surface area contributed by atoms with Crippen molar-refractivity contribution in [3.8, 4) is 0 Å². The number of carbonyl (C=O) groups excluding carboxylic acids is 3. The van der Waals surface area contributed by atoms with Gasteiger partial charge < -0.3 is 15.8 Å². The first-order valence-corrected chi connectivity index (χ1v) is 13.3. The van der Waals surface area contributed by atoms with E-state index in [1.807, 2.05) is 13.8 Å². The molecular formula is C29H36F3N5O4. The van der Waals surface area contributed by atoms with E-state index in [1.165, 1.54) is 0 Å². The number of carbonyl (C=O) groups is 3. The molecule has 0 saturated carbocycles. The Hall–Kier alpha value is -3.93. The molecule has 9 nitrogen and oxygen atoms in total. The van der Waals surface area contributed by atoms with Crippen LogP contribution in [0.5, 0.6) is 0 Å². The highest BCUT2D eigenvalue weighted by Crippen LogP contribution is 2.36. The molecule has 3 atom stereocenters. The monoisotopic (exact) mass is 575 g/mol. The van der Waals surface area contributed by atoms with Gasteiger partial charge in [0.25, 0.3) is 5.91 Å². The third kappa shape index (κ3) is 7.24. The van der Waals surface area contributed by atoms with Crippen LogP contribution in [0.3, 0.4) is 0 Å². The summed E-state index contributed by atoms with van der Waals surface area (Å²) in [6.07, 6.45) is -7.18. The maximum atomic E-state index is 14.3. The van der Waals surface area contributed by atoms with E-state index in [-0.39, 0.29) is 36.2 Å². The predicted octanol–water partition coefficient (Wildman–Crippen LogP) is 4.17. The quantitative estimate of drug-likeness (QED) is 0.369. The van der Waals surface area contributed by atoms with Crippen molar-refractivity contribution in [2.75, 3.05) is 13.7 Å². The van der Waals surface area contributed by atoms with Gasteiger partial charge in [-0.3, -0.25) is 19.9 Å². The van der Waals surface area contributed by atoms with Crippen molar-refractivity contribution < 1.29 is 32.3 Å². The maximum Gasteiger partial charge on any atom is 0.416 e. The molecule has 2 aromatic rings. The number of guanidine groups is 1. The number of hydrogen-bond donors (Lipinski definition) is 3. The van der Waals surface area contributed by atoms with Crippen molar-refractivity contribution in [3.05, 3.63) is 71.8 Å². The number of alkyl halides is 3. The van der Waals surface area contributed by atoms with Crippen LogP contribution in [0.1, 0.15) is 44.2 Å². The van der Waals surface area contributed by atoms with E-state index in [0.717, 1.165) is 12.0 Å². The zero-order valence-corrected chi connectivity index (χ0v) is 23.3. The third-order valence-electron chi connectivity index (χ3n) is 6.97. The largest absolute Gasteiger partial charge is 0.452 e. The van der Waals surface area contributed by atoms with Gasteiger partial charge in [-0.25, -0.2) is 9.69 Å². The fraction of sp³-hybridized carbons (Fsp3) is 0.448. The van der Waals surface area contributed by atoms with Crippen LogP contribution in [0.15, 0.2) is 60.7 Å². The highest BCUT2D eigenvalue weighted by Gasteiger charge is 2.52. The van der Waals surface area contributed by atoms with E-state index in [1.54, 1.807) is 60.7 Å². The summed E-state index contributed by atoms with van der Waals surface area (Å²) in [6, 6.07) is 13.4. The van der Waals surface area contributed by atoms with Crippen LogP contribution < -0.4 is 11.1 Å². The lowest BCUT2D eigenvalue weighted by molar-refractivity contribution is -0.187. The lowest BCUT2D eigenvalue weighted by Gasteiger charge is -2.32. The zero-order chi connectivity index (χ0) is 30.4. The second-order valence-electron chi connectivity index (χ2n) is 10.5. The molecule has 3 amide bonds. The minimum absolute atomic E-state index is 0.0238. The van der Waals surface area contributed by atoms with Gasteiger partial charge in [0.1, 0.15) is 11.6 Å². The molecule has 1 heterocycles. The summed E-state index contributed by atoms with van der Waals surface area (Å²) < 4.78 is 47.4. The zero-order valence-electron chi connectivity index (χ0n) is 23.3. The Morgan fingerprint density at radius 3 is 2.22 bits per heavy atom. The summed E-state index contributed by atoms with van der Waals surface area (Å²) in [7, 11) is 0.882. The molecule has 0 aliphatic carbocycles. The molecular weight excluding hydrogens is 539 g/mol. The van der Waals surface area contributed by atoms with Crippen LogP contribution in [-0.4, -0.2) is 65.6 Å². The molecule has 1 saturated heterocycles. The van der Waals surface area contributed by atoms with Crippen LogP contribution in [-0.2, 0) is 26.3 Å². The van der Waals surface area contributed by atoms with Gasteiger partial charge in [0.15, 0.2) is 5.96 Å². The molecule has 0 bridgehead atoms. The standard InChI is InChI=1S/C29H36F3N5O4/c1-19(2)18-28(21-13-8-5-9-14-21)25(39)36(26(34)35-28)16-10-15-23(29(30,31)32)37(27(40)41-3)24(38)22(33)17-20-11-6-4-7-12-20/h4-9,11-14,19,22-23H,10,15-18,33H2,1-3H3,(H2,34,35)/t22-,23+,28+/m0/s1. The van der Waals surface area contributed by atoms with E-state index in [9.17, 15) is 27.6 Å². The van der Waals surface area contributed by atoms with Crippen LogP contribution in [0.2, 0.25) is 0 Å². The summed E-state index contributed by atoms with van der Waals surface area (Å²) in [5.41, 5.74) is 5.99. The van der Waals surface area contributed by atoms with E-state index in [0.29, 0.717) is 17.5 Å². The van der Waals surface area contributed by atoms with Gasteiger partial charge in [-0.1, -0.05) is 74.5 Å². The molecule has 0 spiro atoms. The summed E-state index contributed by atoms with van der Waals surface area (Å²) >= 11 is 0. The summed E-state index contributed by atoms with van der Waals surface area (Å²) in [5.74, 6) is -1.84. The highest BCUT2D eigenvalue weighted by molar-refractivity contribution is 6.08. The number of benzene rings is 2. The SMILES string of the molecule is COC(=O)N(C(=O)[C@@H](N)Cc1ccccc1)[C@H](CCCN1C(=N)N[C@](CC(C)C)(c2ccccc2)C1=O)C(F)(F)F. The molecule has 2 aromatic carbocycles. The Bertz CT molecular complexity index is 1230. The van der Waals surface area contributed by atoms with Gasteiger partial charge in [-0.2, -0.15) is 13.2 Å². The Kier molecular flexibility index (Phi) is 10.1. The molecule has 0 radical (unpaired) electrons. The molecule has 0 aromatic heterocycles. The van der Waals surface area contributed by atoms with Gasteiger partial charge in [-0.15, -0.1) is 0 Å². The Morgan fingerprint density at radius 1 is 1.10 bits per heavy atom. The third-order valence-corrected chi connectivity index (χ3v) is 6.97. The van der Waals surface area contributed by atoms with Crippen molar-refractivity contribution in [2.45, 2.75) is 63.3 Å². The van der Waals surface area contributed by atoms with Gasteiger partial charge >= 0.3 is 12.3 Å². The first kappa shape index (κ1) is 31.6. The molecule has 222 valence electrons. The number of rotatable bonds is 11. The van der Waals surface area contributed by atoms with E-state index in [2.05, 4.69) is 10.1 Å². The molecule has 1 fully saturated rings. The highest BCUT2D eigenvalue weighted by atomic mass is 19.4. The minimum atomic E-state index is -5.00. The van der Waals surface area contributed by atoms with Gasteiger partial charge in [-0.05, 0) is 42.7 Å². The van der Waals surface area contributed by atoms with Crippen molar-refractivity contribution in [3.63, 3.8) is 0 Å². The van der Waals surface area contributed by atoms with Crippen molar-refractivity contribution in [1.29, 1.82) is 5.41 Å². The number of nitrogens with zero attached hydrogens (tertiary/aromatic N) is 2. The molecule has 12 heteroatoms. The summed E-state index contributed by atoms with van der Waals surface area (Å²) in [4.78, 5) is 40.4. The summed E-state index contributed by atoms with van der Waals surface area (Å²) in [6.45, 7) is 3.63. The fourth-order valence-electron chi connectivity index (χ4n) is 5.14. The number of methoxy groups -OCH3 is 1. The predicted molar refractivity (Wildman–Crippen MR) is 147 cm³/mol. The van der Waals surface area contributed by atoms with Crippen LogP contribution in [0, 0.1) is 11.3 Å². The lowest BCUT2D eigenvalue weighted by atomic mass is 9.82. The molecule has 3 rings (SSSR count). The van der Waals surface area contributed by atoms with E-state index in [4.69, 9.17) is 11.1 Å². The number of nitrogens with two attached hydrogens (primary N) is 1. The smallest absolute Gasteiger partial charge is 0.416 e. The first-order chi connectivity index (χ1) is 19.3. The average molecular weight is 576 g/mol. The number of hydrogen-bond acceptors (Lipinski definition) is 6. The Balaban J connectivity index is 1.80. The van der Waals surface area contributed by atoms with Gasteiger partial charge in [0, 0.05) is 6.54 Å². The van der Waals surface area contributed by atoms with Crippen molar-refractivity contribution >= 4 is 23.9 Å². The van der Waals surface area contributed by atoms with Crippen LogP contribution in [0.25, 0.3) is 0 Å². The van der Waals surface area contributed by atoms with Gasteiger partial charge in [0.05, 0.1) is 13.2 Å². The topological polar surface area (TPSA) is 129 Å². The van der Waals surface area contributed by atoms with Crippen LogP contribution in [0.4, 0.5) is 18.0 Å². The summed E-state index contributed by atoms with van der Waals surface area (Å²) in [5, 5.41) is 11.4. The number of nitrogens with one attached hydrogen (secondary N) is 2. The normalized spacial score (nSPS) is 18.7. The van der Waals surface area contributed by atoms with Gasteiger partial charge in [0.2, 0.25) is 5.91 Å². The Morgan fingerprint density at radius 2 is 1.68 bits per heavy atom. The lowest BCUT2D eigenvalue weighted by Crippen LogP contribution is -2.57. The molecule has 41 heavy (non-hydrogen) atoms. The molecule has 1 aliphatic heterocycles. The molecule has 1 aliphatic rings. The van der Waals surface area contributed by atoms with Crippen molar-refractivity contribution in [2.24, 2.45) is 11.7 Å². The molecule has 0 unspecified atom stereocenters. The fourth-order valence-corrected chi connectivity index (χ4v) is 5.14. The Labute approximate surface area is 237 Å². The number of halogens is 3. The number of imide groups is 1. The minimum Gasteiger partial charge on any atom is -0.452 e. The average Bonchev–Trinajstić information content (AvgIpc) is 3.16. The molecule has 4 N–H and O–H groups in total. The second kappa shape index (κ2) is 13.2. The van der Waals surface area contributed by atoms with E-state index >= 15 is 0 Å². The number of ether oxygens (including phenoxy) is 1. The maximum absolute atomic E-state index is 14.3.